The molecule has 3 heterocycles. The van der Waals surface area contributed by atoms with Crippen LogP contribution in [-0.2, 0) is 4.79 Å². The van der Waals surface area contributed by atoms with Crippen LogP contribution in [0, 0.1) is 0 Å². The summed E-state index contributed by atoms with van der Waals surface area (Å²) in [5, 5.41) is 9.64. The number of fused-ring (bicyclic) bond motifs is 1. The van der Waals surface area contributed by atoms with E-state index in [0.29, 0.717) is 5.75 Å². The minimum atomic E-state index is -0.991. The Hall–Kier alpha value is -3.35. The Morgan fingerprint density at radius 1 is 1.00 bits per heavy atom. The number of aliphatic carboxylic acids is 1. The maximum absolute atomic E-state index is 10.6. The second-order valence-electron chi connectivity index (χ2n) is 6.39. The highest BCUT2D eigenvalue weighted by Crippen LogP contribution is 2.24. The molecule has 0 unspecified atom stereocenters. The summed E-state index contributed by atoms with van der Waals surface area (Å²) in [6, 6.07) is 13.5. The lowest BCUT2D eigenvalue weighted by Gasteiger charge is -2.36. The number of benzene rings is 1. The van der Waals surface area contributed by atoms with Crippen molar-refractivity contribution in [2.45, 2.75) is 0 Å². The van der Waals surface area contributed by atoms with E-state index in [1.54, 1.807) is 6.07 Å². The first-order valence-electron chi connectivity index (χ1n) is 8.84. The van der Waals surface area contributed by atoms with Gasteiger partial charge in [-0.25, -0.2) is 9.78 Å². The summed E-state index contributed by atoms with van der Waals surface area (Å²) in [4.78, 5) is 24.1. The monoisotopic (exact) mass is 364 g/mol. The van der Waals surface area contributed by atoms with Crippen LogP contribution in [0.3, 0.4) is 0 Å². The van der Waals surface area contributed by atoms with Gasteiger partial charge in [0.25, 0.3) is 0 Å². The number of carbonyl (C=O) groups is 1. The fraction of sp³-hybridized carbons (Fsp3) is 0.250. The molecule has 0 aliphatic carbocycles. The van der Waals surface area contributed by atoms with E-state index in [4.69, 9.17) is 14.8 Å². The average molecular weight is 364 g/mol. The number of hydrogen-bond donors (Lipinski definition) is 1. The van der Waals surface area contributed by atoms with E-state index in [2.05, 4.69) is 14.8 Å². The fourth-order valence-electron chi connectivity index (χ4n) is 3.25. The standard InChI is InChI=1S/C20H20N4O3/c25-20(26)14-27-17-2-3-18-15(13-17)1-4-19(22-18)24-11-9-23(10-12-24)16-5-7-21-8-6-16/h1-8,13H,9-12,14H2,(H,25,26). The number of carboxylic acids is 1. The fourth-order valence-corrected chi connectivity index (χ4v) is 3.25. The number of pyridine rings is 2. The number of anilines is 2. The lowest BCUT2D eigenvalue weighted by atomic mass is 10.2. The molecule has 1 fully saturated rings. The Balaban J connectivity index is 1.45. The van der Waals surface area contributed by atoms with Crippen LogP contribution in [0.25, 0.3) is 10.9 Å². The van der Waals surface area contributed by atoms with Gasteiger partial charge in [-0.3, -0.25) is 4.98 Å². The predicted molar refractivity (Wildman–Crippen MR) is 104 cm³/mol. The van der Waals surface area contributed by atoms with E-state index >= 15 is 0 Å². The summed E-state index contributed by atoms with van der Waals surface area (Å²) in [6.07, 6.45) is 3.64. The maximum Gasteiger partial charge on any atom is 0.341 e. The zero-order valence-corrected chi connectivity index (χ0v) is 14.8. The first kappa shape index (κ1) is 17.1. The summed E-state index contributed by atoms with van der Waals surface area (Å²) >= 11 is 0. The van der Waals surface area contributed by atoms with Gasteiger partial charge in [0.2, 0.25) is 0 Å². The van der Waals surface area contributed by atoms with Crippen LogP contribution in [0.15, 0.2) is 54.9 Å². The predicted octanol–water partition coefficient (Wildman–Crippen LogP) is 2.42. The number of rotatable bonds is 5. The molecule has 1 saturated heterocycles. The maximum atomic E-state index is 10.6. The van der Waals surface area contributed by atoms with E-state index in [1.807, 2.05) is 48.8 Å². The van der Waals surface area contributed by atoms with Crippen LogP contribution in [0.4, 0.5) is 11.5 Å². The second kappa shape index (κ2) is 7.49. The quantitative estimate of drug-likeness (QED) is 0.745. The van der Waals surface area contributed by atoms with Crippen molar-refractivity contribution in [2.75, 3.05) is 42.6 Å². The number of nitrogens with zero attached hydrogens (tertiary/aromatic N) is 4. The van der Waals surface area contributed by atoms with Crippen LogP contribution in [0.5, 0.6) is 5.75 Å². The molecule has 2 aromatic heterocycles. The molecule has 0 saturated carbocycles. The number of piperazine rings is 1. The Bertz CT molecular complexity index is 940. The van der Waals surface area contributed by atoms with Gasteiger partial charge in [-0.2, -0.15) is 0 Å². The number of ether oxygens (including phenoxy) is 1. The van der Waals surface area contributed by atoms with E-state index < -0.39 is 5.97 Å². The molecular weight excluding hydrogens is 344 g/mol. The highest BCUT2D eigenvalue weighted by molar-refractivity contribution is 5.82. The Morgan fingerprint density at radius 2 is 1.74 bits per heavy atom. The van der Waals surface area contributed by atoms with Crippen molar-refractivity contribution >= 4 is 28.4 Å². The lowest BCUT2D eigenvalue weighted by molar-refractivity contribution is -0.139. The molecule has 0 amide bonds. The van der Waals surface area contributed by atoms with Gasteiger partial charge in [0, 0.05) is 49.6 Å². The topological polar surface area (TPSA) is 78.8 Å². The normalized spacial score (nSPS) is 14.4. The third-order valence-electron chi connectivity index (χ3n) is 4.64. The molecule has 1 aromatic carbocycles. The average Bonchev–Trinajstić information content (AvgIpc) is 2.72. The third kappa shape index (κ3) is 3.92. The molecule has 138 valence electrons. The van der Waals surface area contributed by atoms with E-state index in [0.717, 1.165) is 42.9 Å². The molecule has 3 aromatic rings. The first-order chi connectivity index (χ1) is 13.2. The van der Waals surface area contributed by atoms with Gasteiger partial charge < -0.3 is 19.6 Å². The van der Waals surface area contributed by atoms with Crippen LogP contribution in [0.2, 0.25) is 0 Å². The van der Waals surface area contributed by atoms with E-state index in [-0.39, 0.29) is 6.61 Å². The Labute approximate surface area is 156 Å². The lowest BCUT2D eigenvalue weighted by Crippen LogP contribution is -2.46. The molecule has 27 heavy (non-hydrogen) atoms. The van der Waals surface area contributed by atoms with Gasteiger partial charge >= 0.3 is 5.97 Å². The Kier molecular flexibility index (Phi) is 4.74. The minimum Gasteiger partial charge on any atom is -0.482 e. The van der Waals surface area contributed by atoms with E-state index in [1.165, 1.54) is 5.69 Å². The molecule has 0 atom stereocenters. The van der Waals surface area contributed by atoms with Gasteiger partial charge in [-0.05, 0) is 42.5 Å². The van der Waals surface area contributed by atoms with Gasteiger partial charge in [0.1, 0.15) is 11.6 Å². The number of hydrogen-bond acceptors (Lipinski definition) is 6. The van der Waals surface area contributed by atoms with Gasteiger partial charge in [0.15, 0.2) is 6.61 Å². The number of carboxylic acid groups (broad SMARTS) is 1. The highest BCUT2D eigenvalue weighted by Gasteiger charge is 2.18. The molecule has 0 spiro atoms. The molecule has 0 bridgehead atoms. The van der Waals surface area contributed by atoms with E-state index in [9.17, 15) is 4.79 Å². The van der Waals surface area contributed by atoms with Crippen molar-refractivity contribution < 1.29 is 14.6 Å². The molecule has 1 aliphatic heterocycles. The highest BCUT2D eigenvalue weighted by atomic mass is 16.5. The van der Waals surface area contributed by atoms with Crippen LogP contribution in [0.1, 0.15) is 0 Å². The van der Waals surface area contributed by atoms with Crippen molar-refractivity contribution in [3.8, 4) is 5.75 Å². The van der Waals surface area contributed by atoms with Crippen LogP contribution < -0.4 is 14.5 Å². The molecule has 1 aliphatic rings. The molecule has 4 rings (SSSR count). The zero-order chi connectivity index (χ0) is 18.6. The summed E-state index contributed by atoms with van der Waals surface area (Å²) in [5.41, 5.74) is 2.07. The zero-order valence-electron chi connectivity index (χ0n) is 14.8. The van der Waals surface area contributed by atoms with Crippen molar-refractivity contribution in [3.63, 3.8) is 0 Å². The first-order valence-corrected chi connectivity index (χ1v) is 8.84. The minimum absolute atomic E-state index is 0.348. The van der Waals surface area contributed by atoms with Crippen LogP contribution in [-0.4, -0.2) is 53.8 Å². The van der Waals surface area contributed by atoms with Gasteiger partial charge in [-0.1, -0.05) is 0 Å². The third-order valence-corrected chi connectivity index (χ3v) is 4.64. The summed E-state index contributed by atoms with van der Waals surface area (Å²) in [7, 11) is 0. The molecule has 7 nitrogen and oxygen atoms in total. The molecule has 7 heteroatoms. The van der Waals surface area contributed by atoms with Gasteiger partial charge in [0.05, 0.1) is 5.52 Å². The van der Waals surface area contributed by atoms with Crippen LogP contribution >= 0.6 is 0 Å². The SMILES string of the molecule is O=C(O)COc1ccc2nc(N3CCN(c4ccncc4)CC3)ccc2c1. The summed E-state index contributed by atoms with van der Waals surface area (Å²) in [5.74, 6) is 0.496. The molecular formula is C20H20N4O3. The smallest absolute Gasteiger partial charge is 0.341 e. The Morgan fingerprint density at radius 3 is 2.48 bits per heavy atom. The van der Waals surface area contributed by atoms with Crippen molar-refractivity contribution in [1.82, 2.24) is 9.97 Å². The second-order valence-corrected chi connectivity index (χ2v) is 6.39. The molecule has 0 radical (unpaired) electrons. The summed E-state index contributed by atoms with van der Waals surface area (Å²) < 4.78 is 5.23. The van der Waals surface area contributed by atoms with Crippen molar-refractivity contribution in [3.05, 3.63) is 54.9 Å². The largest absolute Gasteiger partial charge is 0.482 e. The summed E-state index contributed by atoms with van der Waals surface area (Å²) in [6.45, 7) is 3.33. The molecule has 1 N–H and O–H groups in total. The van der Waals surface area contributed by atoms with Gasteiger partial charge in [-0.15, -0.1) is 0 Å². The van der Waals surface area contributed by atoms with Crippen molar-refractivity contribution in [2.24, 2.45) is 0 Å². The number of aromatic nitrogens is 2. The van der Waals surface area contributed by atoms with Crippen molar-refractivity contribution in [1.29, 1.82) is 0 Å².